The quantitative estimate of drug-likeness (QED) is 0.850. The minimum atomic E-state index is 0.474. The summed E-state index contributed by atoms with van der Waals surface area (Å²) < 4.78 is 12.1. The molecule has 0 aliphatic heterocycles. The molecule has 0 aliphatic carbocycles. The molecule has 0 amide bonds. The van der Waals surface area contributed by atoms with E-state index in [9.17, 15) is 0 Å². The van der Waals surface area contributed by atoms with Gasteiger partial charge < -0.3 is 15.2 Å². The first kappa shape index (κ1) is 14.7. The standard InChI is InChI=1S/C16H18BrNO2/c1-10-7-16(11(2)6-15(10)18)20-9-12-8-13(19-3)4-5-14(12)17/h4-8H,9,18H2,1-3H3. The second-order valence-corrected chi connectivity index (χ2v) is 5.57. The number of aryl methyl sites for hydroxylation is 2. The van der Waals surface area contributed by atoms with Crippen LogP contribution in [0.15, 0.2) is 34.8 Å². The average Bonchev–Trinajstić information content (AvgIpc) is 2.43. The van der Waals surface area contributed by atoms with Gasteiger partial charge in [-0.15, -0.1) is 0 Å². The third kappa shape index (κ3) is 3.25. The Morgan fingerprint density at radius 1 is 1.10 bits per heavy atom. The molecular weight excluding hydrogens is 318 g/mol. The van der Waals surface area contributed by atoms with E-state index >= 15 is 0 Å². The number of benzene rings is 2. The number of nitrogens with two attached hydrogens (primary N) is 1. The van der Waals surface area contributed by atoms with Crippen molar-refractivity contribution >= 4 is 21.6 Å². The van der Waals surface area contributed by atoms with E-state index in [4.69, 9.17) is 15.2 Å². The summed E-state index contributed by atoms with van der Waals surface area (Å²) in [5.74, 6) is 1.67. The lowest BCUT2D eigenvalue weighted by atomic mass is 10.1. The molecule has 2 aromatic rings. The fourth-order valence-electron chi connectivity index (χ4n) is 1.91. The largest absolute Gasteiger partial charge is 0.497 e. The summed E-state index contributed by atoms with van der Waals surface area (Å²) in [6.45, 7) is 4.44. The number of halogens is 1. The average molecular weight is 336 g/mol. The molecule has 0 bridgehead atoms. The fourth-order valence-corrected chi connectivity index (χ4v) is 2.27. The SMILES string of the molecule is COc1ccc(Br)c(COc2cc(C)c(N)cc2C)c1. The Morgan fingerprint density at radius 3 is 2.55 bits per heavy atom. The van der Waals surface area contributed by atoms with Gasteiger partial charge in [0.2, 0.25) is 0 Å². The summed E-state index contributed by atoms with van der Waals surface area (Å²) >= 11 is 3.52. The molecule has 4 heteroatoms. The maximum Gasteiger partial charge on any atom is 0.123 e. The van der Waals surface area contributed by atoms with Crippen LogP contribution in [-0.2, 0) is 6.61 Å². The number of hydrogen-bond donors (Lipinski definition) is 1. The minimum absolute atomic E-state index is 0.474. The van der Waals surface area contributed by atoms with Crippen LogP contribution in [0, 0.1) is 13.8 Å². The Kier molecular flexibility index (Phi) is 4.55. The number of methoxy groups -OCH3 is 1. The van der Waals surface area contributed by atoms with Crippen molar-refractivity contribution in [1.29, 1.82) is 0 Å². The van der Waals surface area contributed by atoms with E-state index in [0.717, 1.165) is 38.3 Å². The van der Waals surface area contributed by atoms with E-state index in [0.29, 0.717) is 6.61 Å². The minimum Gasteiger partial charge on any atom is -0.497 e. The molecule has 0 radical (unpaired) electrons. The molecule has 2 rings (SSSR count). The van der Waals surface area contributed by atoms with E-state index in [1.165, 1.54) is 0 Å². The summed E-state index contributed by atoms with van der Waals surface area (Å²) in [6.07, 6.45) is 0. The molecule has 0 saturated carbocycles. The summed E-state index contributed by atoms with van der Waals surface area (Å²) in [5.41, 5.74) is 9.77. The number of anilines is 1. The van der Waals surface area contributed by atoms with Crippen LogP contribution in [0.4, 0.5) is 5.69 Å². The van der Waals surface area contributed by atoms with Gasteiger partial charge in [-0.2, -0.15) is 0 Å². The third-order valence-corrected chi connectivity index (χ3v) is 3.97. The van der Waals surface area contributed by atoms with Gasteiger partial charge in [0.25, 0.3) is 0 Å². The number of hydrogen-bond acceptors (Lipinski definition) is 3. The summed E-state index contributed by atoms with van der Waals surface area (Å²) in [4.78, 5) is 0. The normalized spacial score (nSPS) is 10.4. The van der Waals surface area contributed by atoms with Crippen LogP contribution >= 0.6 is 15.9 Å². The van der Waals surface area contributed by atoms with Crippen molar-refractivity contribution in [2.75, 3.05) is 12.8 Å². The zero-order valence-electron chi connectivity index (χ0n) is 11.9. The van der Waals surface area contributed by atoms with Gasteiger partial charge in [0.1, 0.15) is 18.1 Å². The molecule has 2 N–H and O–H groups in total. The van der Waals surface area contributed by atoms with Crippen LogP contribution in [0.1, 0.15) is 16.7 Å². The molecule has 3 nitrogen and oxygen atoms in total. The Morgan fingerprint density at radius 2 is 1.85 bits per heavy atom. The Balaban J connectivity index is 2.18. The predicted octanol–water partition coefficient (Wildman–Crippen LogP) is 4.24. The second kappa shape index (κ2) is 6.18. The molecule has 0 aliphatic rings. The molecule has 0 heterocycles. The van der Waals surface area contributed by atoms with Crippen LogP contribution in [0.25, 0.3) is 0 Å². The van der Waals surface area contributed by atoms with E-state index in [2.05, 4.69) is 15.9 Å². The number of nitrogen functional groups attached to an aromatic ring is 1. The number of rotatable bonds is 4. The van der Waals surface area contributed by atoms with Crippen molar-refractivity contribution in [3.8, 4) is 11.5 Å². The van der Waals surface area contributed by atoms with E-state index in [1.807, 2.05) is 44.2 Å². The molecule has 20 heavy (non-hydrogen) atoms. The van der Waals surface area contributed by atoms with Crippen LogP contribution in [0.3, 0.4) is 0 Å². The Labute approximate surface area is 127 Å². The van der Waals surface area contributed by atoms with E-state index in [-0.39, 0.29) is 0 Å². The molecular formula is C16H18BrNO2. The van der Waals surface area contributed by atoms with Crippen molar-refractivity contribution in [2.24, 2.45) is 0 Å². The molecule has 0 unspecified atom stereocenters. The lowest BCUT2D eigenvalue weighted by Crippen LogP contribution is -2.00. The van der Waals surface area contributed by atoms with Crippen LogP contribution in [0.2, 0.25) is 0 Å². The van der Waals surface area contributed by atoms with E-state index in [1.54, 1.807) is 7.11 Å². The summed E-state index contributed by atoms with van der Waals surface area (Å²) in [7, 11) is 1.65. The highest BCUT2D eigenvalue weighted by Crippen LogP contribution is 2.27. The van der Waals surface area contributed by atoms with Gasteiger partial charge in [-0.1, -0.05) is 15.9 Å². The number of ether oxygens (including phenoxy) is 2. The summed E-state index contributed by atoms with van der Waals surface area (Å²) in [5, 5.41) is 0. The van der Waals surface area contributed by atoms with Gasteiger partial charge in [0.05, 0.1) is 7.11 Å². The Hall–Kier alpha value is -1.68. The second-order valence-electron chi connectivity index (χ2n) is 4.72. The molecule has 106 valence electrons. The lowest BCUT2D eigenvalue weighted by Gasteiger charge is -2.13. The van der Waals surface area contributed by atoms with Crippen molar-refractivity contribution < 1.29 is 9.47 Å². The molecule has 0 saturated heterocycles. The maximum atomic E-state index is 5.90. The van der Waals surface area contributed by atoms with Crippen molar-refractivity contribution in [3.63, 3.8) is 0 Å². The van der Waals surface area contributed by atoms with Crippen LogP contribution in [0.5, 0.6) is 11.5 Å². The first-order valence-corrected chi connectivity index (χ1v) is 7.12. The van der Waals surface area contributed by atoms with Gasteiger partial charge in [-0.05, 0) is 55.3 Å². The highest BCUT2D eigenvalue weighted by molar-refractivity contribution is 9.10. The van der Waals surface area contributed by atoms with Gasteiger partial charge in [0, 0.05) is 15.7 Å². The molecule has 2 aromatic carbocycles. The highest BCUT2D eigenvalue weighted by atomic mass is 79.9. The van der Waals surface area contributed by atoms with Crippen molar-refractivity contribution in [3.05, 3.63) is 51.5 Å². The highest BCUT2D eigenvalue weighted by Gasteiger charge is 2.07. The zero-order valence-corrected chi connectivity index (χ0v) is 13.5. The monoisotopic (exact) mass is 335 g/mol. The van der Waals surface area contributed by atoms with Crippen molar-refractivity contribution in [2.45, 2.75) is 20.5 Å². The predicted molar refractivity (Wildman–Crippen MR) is 85.4 cm³/mol. The first-order valence-electron chi connectivity index (χ1n) is 6.33. The van der Waals surface area contributed by atoms with Gasteiger partial charge in [-0.25, -0.2) is 0 Å². The lowest BCUT2D eigenvalue weighted by molar-refractivity contribution is 0.302. The topological polar surface area (TPSA) is 44.5 Å². The Bertz CT molecular complexity index is 626. The third-order valence-electron chi connectivity index (χ3n) is 3.20. The van der Waals surface area contributed by atoms with Gasteiger partial charge in [-0.3, -0.25) is 0 Å². The van der Waals surface area contributed by atoms with Crippen molar-refractivity contribution in [1.82, 2.24) is 0 Å². The maximum absolute atomic E-state index is 5.90. The van der Waals surface area contributed by atoms with Gasteiger partial charge >= 0.3 is 0 Å². The molecule has 0 aromatic heterocycles. The first-order chi connectivity index (χ1) is 9.51. The zero-order chi connectivity index (χ0) is 14.7. The van der Waals surface area contributed by atoms with E-state index < -0.39 is 0 Å². The molecule has 0 atom stereocenters. The smallest absolute Gasteiger partial charge is 0.123 e. The van der Waals surface area contributed by atoms with Crippen LogP contribution in [-0.4, -0.2) is 7.11 Å². The summed E-state index contributed by atoms with van der Waals surface area (Å²) in [6, 6.07) is 9.73. The fraction of sp³-hybridized carbons (Fsp3) is 0.250. The van der Waals surface area contributed by atoms with Crippen LogP contribution < -0.4 is 15.2 Å². The molecule has 0 fully saturated rings. The van der Waals surface area contributed by atoms with Gasteiger partial charge in [0.15, 0.2) is 0 Å². The molecule has 0 spiro atoms.